The number of aromatic nitrogens is 1. The molecule has 0 unspecified atom stereocenters. The lowest BCUT2D eigenvalue weighted by molar-refractivity contribution is 0.203. The second-order valence-corrected chi connectivity index (χ2v) is 4.17. The Morgan fingerprint density at radius 3 is 2.69 bits per heavy atom. The summed E-state index contributed by atoms with van der Waals surface area (Å²) in [5.41, 5.74) is 0. The van der Waals surface area contributed by atoms with Crippen molar-refractivity contribution in [2.24, 2.45) is 5.92 Å². The number of rotatable bonds is 3. The summed E-state index contributed by atoms with van der Waals surface area (Å²) in [6.45, 7) is 2.26. The maximum absolute atomic E-state index is 9.07. The van der Waals surface area contributed by atoms with Crippen molar-refractivity contribution >= 4 is 5.82 Å². The SMILES string of the molecule is COc1ccc(N2CCC(CO)CC2)nc1. The van der Waals surface area contributed by atoms with Gasteiger partial charge in [0.15, 0.2) is 0 Å². The van der Waals surface area contributed by atoms with Crippen molar-refractivity contribution in [1.29, 1.82) is 0 Å². The molecule has 16 heavy (non-hydrogen) atoms. The van der Waals surface area contributed by atoms with Crippen LogP contribution in [0.4, 0.5) is 5.82 Å². The average Bonchev–Trinajstić information content (AvgIpc) is 2.39. The quantitative estimate of drug-likeness (QED) is 0.837. The Hall–Kier alpha value is -1.29. The minimum atomic E-state index is 0.309. The molecule has 1 aliphatic heterocycles. The lowest BCUT2D eigenvalue weighted by Crippen LogP contribution is -2.35. The second-order valence-electron chi connectivity index (χ2n) is 4.17. The van der Waals surface area contributed by atoms with E-state index >= 15 is 0 Å². The van der Waals surface area contributed by atoms with E-state index < -0.39 is 0 Å². The predicted octanol–water partition coefficient (Wildman–Crippen LogP) is 1.30. The van der Waals surface area contributed by atoms with Gasteiger partial charge in [0.25, 0.3) is 0 Å². The van der Waals surface area contributed by atoms with Gasteiger partial charge in [-0.15, -0.1) is 0 Å². The molecular weight excluding hydrogens is 204 g/mol. The van der Waals surface area contributed by atoms with Crippen molar-refractivity contribution in [1.82, 2.24) is 4.98 Å². The molecule has 2 heterocycles. The topological polar surface area (TPSA) is 45.6 Å². The fourth-order valence-corrected chi connectivity index (χ4v) is 2.02. The Kier molecular flexibility index (Phi) is 3.62. The molecule has 0 aliphatic carbocycles. The predicted molar refractivity (Wildman–Crippen MR) is 62.8 cm³/mol. The number of methoxy groups -OCH3 is 1. The first-order valence-corrected chi connectivity index (χ1v) is 5.69. The third-order valence-electron chi connectivity index (χ3n) is 3.15. The Morgan fingerprint density at radius 2 is 2.19 bits per heavy atom. The summed E-state index contributed by atoms with van der Waals surface area (Å²) in [5.74, 6) is 2.25. The van der Waals surface area contributed by atoms with Crippen LogP contribution in [0.3, 0.4) is 0 Å². The molecule has 0 saturated carbocycles. The van der Waals surface area contributed by atoms with Crippen molar-refractivity contribution < 1.29 is 9.84 Å². The monoisotopic (exact) mass is 222 g/mol. The van der Waals surface area contributed by atoms with Crippen molar-refractivity contribution in [2.45, 2.75) is 12.8 Å². The normalized spacial score (nSPS) is 17.5. The zero-order valence-corrected chi connectivity index (χ0v) is 9.59. The maximum atomic E-state index is 9.07. The summed E-state index contributed by atoms with van der Waals surface area (Å²) in [6, 6.07) is 3.92. The van der Waals surface area contributed by atoms with Crippen molar-refractivity contribution in [3.8, 4) is 5.75 Å². The molecule has 0 amide bonds. The molecule has 88 valence electrons. The zero-order chi connectivity index (χ0) is 11.4. The van der Waals surface area contributed by atoms with Gasteiger partial charge in [-0.3, -0.25) is 0 Å². The number of aliphatic hydroxyl groups excluding tert-OH is 1. The van der Waals surface area contributed by atoms with Gasteiger partial charge in [0.1, 0.15) is 11.6 Å². The summed E-state index contributed by atoms with van der Waals surface area (Å²) < 4.78 is 5.08. The van der Waals surface area contributed by atoms with Gasteiger partial charge >= 0.3 is 0 Å². The molecule has 1 aromatic heterocycles. The largest absolute Gasteiger partial charge is 0.495 e. The van der Waals surface area contributed by atoms with E-state index in [-0.39, 0.29) is 0 Å². The molecule has 0 atom stereocenters. The maximum Gasteiger partial charge on any atom is 0.137 e. The molecule has 1 fully saturated rings. The van der Waals surface area contributed by atoms with Crippen LogP contribution in [0, 0.1) is 5.92 Å². The van der Waals surface area contributed by atoms with Crippen molar-refractivity contribution in [2.75, 3.05) is 31.7 Å². The van der Waals surface area contributed by atoms with Gasteiger partial charge in [0, 0.05) is 19.7 Å². The number of pyridine rings is 1. The smallest absolute Gasteiger partial charge is 0.137 e. The van der Waals surface area contributed by atoms with E-state index in [4.69, 9.17) is 9.84 Å². The first-order valence-electron chi connectivity index (χ1n) is 5.69. The second kappa shape index (κ2) is 5.16. The van der Waals surface area contributed by atoms with Crippen LogP contribution in [0.25, 0.3) is 0 Å². The summed E-state index contributed by atoms with van der Waals surface area (Å²) in [4.78, 5) is 6.62. The van der Waals surface area contributed by atoms with Gasteiger partial charge in [0.05, 0.1) is 13.3 Å². The van der Waals surface area contributed by atoms with Gasteiger partial charge in [-0.1, -0.05) is 0 Å². The number of nitrogens with zero attached hydrogens (tertiary/aromatic N) is 2. The third kappa shape index (κ3) is 2.44. The number of ether oxygens (including phenoxy) is 1. The average molecular weight is 222 g/mol. The molecule has 1 aliphatic rings. The summed E-state index contributed by atoms with van der Waals surface area (Å²) >= 11 is 0. The highest BCUT2D eigenvalue weighted by atomic mass is 16.5. The molecule has 0 bridgehead atoms. The standard InChI is InChI=1S/C12H18N2O2/c1-16-11-2-3-12(13-8-11)14-6-4-10(9-15)5-7-14/h2-3,8,10,15H,4-7,9H2,1H3. The lowest BCUT2D eigenvalue weighted by Gasteiger charge is -2.31. The van der Waals surface area contributed by atoms with E-state index in [9.17, 15) is 0 Å². The minimum Gasteiger partial charge on any atom is -0.495 e. The van der Waals surface area contributed by atoms with Crippen LogP contribution in [-0.4, -0.2) is 36.9 Å². The molecule has 4 nitrogen and oxygen atoms in total. The molecule has 0 radical (unpaired) electrons. The molecule has 0 spiro atoms. The van der Waals surface area contributed by atoms with E-state index in [2.05, 4.69) is 9.88 Å². The number of piperidine rings is 1. The van der Waals surface area contributed by atoms with Crippen LogP contribution in [0.5, 0.6) is 5.75 Å². The van der Waals surface area contributed by atoms with Crippen molar-refractivity contribution in [3.05, 3.63) is 18.3 Å². The number of hydrogen-bond acceptors (Lipinski definition) is 4. The lowest BCUT2D eigenvalue weighted by atomic mass is 9.98. The first-order chi connectivity index (χ1) is 7.83. The molecular formula is C12H18N2O2. The highest BCUT2D eigenvalue weighted by molar-refractivity contribution is 5.41. The Bertz CT molecular complexity index is 318. The zero-order valence-electron chi connectivity index (χ0n) is 9.59. The highest BCUT2D eigenvalue weighted by Gasteiger charge is 2.19. The van der Waals surface area contributed by atoms with E-state index in [1.165, 1.54) is 0 Å². The van der Waals surface area contributed by atoms with E-state index in [1.54, 1.807) is 13.3 Å². The molecule has 2 rings (SSSR count). The van der Waals surface area contributed by atoms with E-state index in [0.29, 0.717) is 12.5 Å². The molecule has 0 aromatic carbocycles. The minimum absolute atomic E-state index is 0.309. The third-order valence-corrected chi connectivity index (χ3v) is 3.15. The summed E-state index contributed by atoms with van der Waals surface area (Å²) in [5, 5.41) is 9.07. The number of hydrogen-bond donors (Lipinski definition) is 1. The van der Waals surface area contributed by atoms with Crippen molar-refractivity contribution in [3.63, 3.8) is 0 Å². The molecule has 1 saturated heterocycles. The van der Waals surface area contributed by atoms with Crippen LogP contribution in [0.1, 0.15) is 12.8 Å². The molecule has 4 heteroatoms. The van der Waals surface area contributed by atoms with Crippen LogP contribution < -0.4 is 9.64 Å². The van der Waals surface area contributed by atoms with Gasteiger partial charge < -0.3 is 14.7 Å². The van der Waals surface area contributed by atoms with Crippen LogP contribution in [-0.2, 0) is 0 Å². The number of aliphatic hydroxyl groups is 1. The fourth-order valence-electron chi connectivity index (χ4n) is 2.02. The van der Waals surface area contributed by atoms with E-state index in [1.807, 2.05) is 12.1 Å². The Morgan fingerprint density at radius 1 is 1.44 bits per heavy atom. The summed E-state index contributed by atoms with van der Waals surface area (Å²) in [6.07, 6.45) is 3.84. The number of anilines is 1. The fraction of sp³-hybridized carbons (Fsp3) is 0.583. The Labute approximate surface area is 95.9 Å². The van der Waals surface area contributed by atoms with Gasteiger partial charge in [-0.05, 0) is 30.9 Å². The van der Waals surface area contributed by atoms with Crippen LogP contribution >= 0.6 is 0 Å². The van der Waals surface area contributed by atoms with Crippen LogP contribution in [0.2, 0.25) is 0 Å². The van der Waals surface area contributed by atoms with Gasteiger partial charge in [0.2, 0.25) is 0 Å². The first kappa shape index (κ1) is 11.2. The van der Waals surface area contributed by atoms with Gasteiger partial charge in [-0.2, -0.15) is 0 Å². The Balaban J connectivity index is 1.97. The molecule has 1 N–H and O–H groups in total. The highest BCUT2D eigenvalue weighted by Crippen LogP contribution is 2.22. The van der Waals surface area contributed by atoms with Crippen LogP contribution in [0.15, 0.2) is 18.3 Å². The molecule has 1 aromatic rings. The summed E-state index contributed by atoms with van der Waals surface area (Å²) in [7, 11) is 1.64. The van der Waals surface area contributed by atoms with E-state index in [0.717, 1.165) is 37.5 Å². The van der Waals surface area contributed by atoms with Gasteiger partial charge in [-0.25, -0.2) is 4.98 Å².